The fourth-order valence-corrected chi connectivity index (χ4v) is 4.91. The Kier molecular flexibility index (Phi) is 4.47. The minimum absolute atomic E-state index is 0.0635. The fourth-order valence-electron chi connectivity index (χ4n) is 4.07. The van der Waals surface area contributed by atoms with E-state index in [1.807, 2.05) is 6.20 Å². The highest BCUT2D eigenvalue weighted by atomic mass is 32.1. The number of rotatable bonds is 4. The SMILES string of the molecule is Cc1ncc(CN2C[C@H]3C[C@@H](Nc4cnccn4)[C@H](O)C[C@H]3C2)s1. The van der Waals surface area contributed by atoms with E-state index in [1.165, 1.54) is 4.88 Å². The van der Waals surface area contributed by atoms with Crippen LogP contribution in [-0.4, -0.2) is 50.2 Å². The second-order valence-corrected chi connectivity index (χ2v) is 8.26. The monoisotopic (exact) mass is 345 g/mol. The molecular weight excluding hydrogens is 322 g/mol. The molecule has 0 aromatic carbocycles. The molecule has 0 bridgehead atoms. The van der Waals surface area contributed by atoms with Gasteiger partial charge in [-0.05, 0) is 31.6 Å². The van der Waals surface area contributed by atoms with E-state index in [4.69, 9.17) is 0 Å². The van der Waals surface area contributed by atoms with Gasteiger partial charge in [-0.15, -0.1) is 11.3 Å². The summed E-state index contributed by atoms with van der Waals surface area (Å²) in [6, 6.07) is 0.0635. The van der Waals surface area contributed by atoms with Crippen molar-refractivity contribution in [2.75, 3.05) is 18.4 Å². The van der Waals surface area contributed by atoms with E-state index in [0.717, 1.165) is 43.3 Å². The predicted octanol–water partition coefficient (Wildman–Crippen LogP) is 1.92. The summed E-state index contributed by atoms with van der Waals surface area (Å²) in [5, 5.41) is 15.0. The first-order chi connectivity index (χ1) is 11.7. The molecule has 1 saturated carbocycles. The highest BCUT2D eigenvalue weighted by molar-refractivity contribution is 7.11. The second-order valence-electron chi connectivity index (χ2n) is 6.94. The summed E-state index contributed by atoms with van der Waals surface area (Å²) in [7, 11) is 0. The normalized spacial score (nSPS) is 30.2. The van der Waals surface area contributed by atoms with Crippen LogP contribution in [0.5, 0.6) is 0 Å². The van der Waals surface area contributed by atoms with Gasteiger partial charge in [-0.1, -0.05) is 0 Å². The zero-order valence-corrected chi connectivity index (χ0v) is 14.6. The van der Waals surface area contributed by atoms with E-state index in [0.29, 0.717) is 11.8 Å². The number of aliphatic hydroxyl groups is 1. The van der Waals surface area contributed by atoms with Crippen LogP contribution in [0.25, 0.3) is 0 Å². The molecule has 1 aliphatic heterocycles. The first kappa shape index (κ1) is 15.9. The molecule has 3 heterocycles. The van der Waals surface area contributed by atoms with Gasteiger partial charge in [0.1, 0.15) is 5.82 Å². The van der Waals surface area contributed by atoms with E-state index in [1.54, 1.807) is 29.9 Å². The van der Waals surface area contributed by atoms with Gasteiger partial charge >= 0.3 is 0 Å². The summed E-state index contributed by atoms with van der Waals surface area (Å²) in [5.41, 5.74) is 0. The molecule has 2 aromatic heterocycles. The van der Waals surface area contributed by atoms with Crippen LogP contribution in [0.3, 0.4) is 0 Å². The van der Waals surface area contributed by atoms with Gasteiger partial charge in [0.25, 0.3) is 0 Å². The molecule has 2 aromatic rings. The van der Waals surface area contributed by atoms with Crippen molar-refractivity contribution in [1.82, 2.24) is 19.9 Å². The molecule has 1 saturated heterocycles. The molecule has 1 aliphatic carbocycles. The minimum Gasteiger partial charge on any atom is -0.391 e. The Bertz CT molecular complexity index is 679. The van der Waals surface area contributed by atoms with Gasteiger partial charge in [0.05, 0.1) is 23.4 Å². The lowest BCUT2D eigenvalue weighted by atomic mass is 9.77. The van der Waals surface area contributed by atoms with Gasteiger partial charge in [-0.2, -0.15) is 0 Å². The van der Waals surface area contributed by atoms with Gasteiger partial charge in [0.2, 0.25) is 0 Å². The highest BCUT2D eigenvalue weighted by Gasteiger charge is 2.41. The summed E-state index contributed by atoms with van der Waals surface area (Å²) in [4.78, 5) is 16.5. The van der Waals surface area contributed by atoms with Gasteiger partial charge in [0.15, 0.2) is 0 Å². The van der Waals surface area contributed by atoms with Crippen molar-refractivity contribution in [3.05, 3.63) is 34.7 Å². The van der Waals surface area contributed by atoms with E-state index in [9.17, 15) is 5.11 Å². The predicted molar refractivity (Wildman–Crippen MR) is 93.8 cm³/mol. The topological polar surface area (TPSA) is 74.2 Å². The third-order valence-corrected chi connectivity index (χ3v) is 6.06. The molecule has 0 unspecified atom stereocenters. The summed E-state index contributed by atoms with van der Waals surface area (Å²) in [6.45, 7) is 5.22. The van der Waals surface area contributed by atoms with Crippen LogP contribution in [0.4, 0.5) is 5.82 Å². The summed E-state index contributed by atoms with van der Waals surface area (Å²) in [5.74, 6) is 1.97. The molecule has 0 amide bonds. The van der Waals surface area contributed by atoms with Gasteiger partial charge in [-0.3, -0.25) is 9.88 Å². The Morgan fingerprint density at radius 1 is 1.21 bits per heavy atom. The van der Waals surface area contributed by atoms with Crippen molar-refractivity contribution >= 4 is 17.2 Å². The second kappa shape index (κ2) is 6.74. The molecule has 6 nitrogen and oxygen atoms in total. The maximum absolute atomic E-state index is 10.5. The number of likely N-dealkylation sites (tertiary alicyclic amines) is 1. The molecule has 4 rings (SSSR count). The standard InChI is InChI=1S/C17H23N5OS/c1-11-20-6-14(24-11)10-22-8-12-4-15(16(23)5-13(12)9-22)21-17-7-18-2-3-19-17/h2-3,6-7,12-13,15-16,23H,4-5,8-10H2,1H3,(H,19,21)/t12-,13+,15-,16-/m1/s1. The van der Waals surface area contributed by atoms with Crippen molar-refractivity contribution in [3.63, 3.8) is 0 Å². The van der Waals surface area contributed by atoms with Crippen molar-refractivity contribution in [2.45, 2.75) is 38.5 Å². The number of aromatic nitrogens is 3. The Hall–Kier alpha value is -1.57. The zero-order chi connectivity index (χ0) is 16.5. The van der Waals surface area contributed by atoms with E-state index in [2.05, 4.69) is 32.1 Å². The van der Waals surface area contributed by atoms with E-state index in [-0.39, 0.29) is 12.1 Å². The third kappa shape index (κ3) is 3.43. The van der Waals surface area contributed by atoms with Crippen molar-refractivity contribution in [2.24, 2.45) is 11.8 Å². The zero-order valence-electron chi connectivity index (χ0n) is 13.8. The number of nitrogens with one attached hydrogen (secondary N) is 1. The van der Waals surface area contributed by atoms with Crippen molar-refractivity contribution < 1.29 is 5.11 Å². The average Bonchev–Trinajstić information content (AvgIpc) is 3.14. The fraction of sp³-hybridized carbons (Fsp3) is 0.588. The first-order valence-corrected chi connectivity index (χ1v) is 9.33. The lowest BCUT2D eigenvalue weighted by Crippen LogP contribution is -2.43. The maximum atomic E-state index is 10.5. The molecule has 0 radical (unpaired) electrons. The van der Waals surface area contributed by atoms with Crippen LogP contribution in [0, 0.1) is 18.8 Å². The van der Waals surface area contributed by atoms with Crippen molar-refractivity contribution in [1.29, 1.82) is 0 Å². The number of aliphatic hydroxyl groups excluding tert-OH is 1. The molecule has 2 fully saturated rings. The Morgan fingerprint density at radius 3 is 2.75 bits per heavy atom. The number of hydrogen-bond donors (Lipinski definition) is 2. The lowest BCUT2D eigenvalue weighted by molar-refractivity contribution is 0.0735. The third-order valence-electron chi connectivity index (χ3n) is 5.16. The van der Waals surface area contributed by atoms with Crippen LogP contribution < -0.4 is 5.32 Å². The first-order valence-electron chi connectivity index (χ1n) is 8.51. The van der Waals surface area contributed by atoms with Gasteiger partial charge in [-0.25, -0.2) is 9.97 Å². The Labute approximate surface area is 146 Å². The average molecular weight is 345 g/mol. The Morgan fingerprint density at radius 2 is 2.04 bits per heavy atom. The smallest absolute Gasteiger partial charge is 0.144 e. The van der Waals surface area contributed by atoms with Crippen molar-refractivity contribution in [3.8, 4) is 0 Å². The molecule has 0 spiro atoms. The minimum atomic E-state index is -0.321. The van der Waals surface area contributed by atoms with Crippen LogP contribution in [0.1, 0.15) is 22.7 Å². The van der Waals surface area contributed by atoms with Crippen LogP contribution in [-0.2, 0) is 6.54 Å². The van der Waals surface area contributed by atoms with Crippen LogP contribution >= 0.6 is 11.3 Å². The lowest BCUT2D eigenvalue weighted by Gasteiger charge is -2.35. The summed E-state index contributed by atoms with van der Waals surface area (Å²) in [6.07, 6.45) is 8.57. The molecule has 128 valence electrons. The largest absolute Gasteiger partial charge is 0.391 e. The molecule has 2 N–H and O–H groups in total. The van der Waals surface area contributed by atoms with Crippen LogP contribution in [0.15, 0.2) is 24.8 Å². The molecule has 7 heteroatoms. The number of fused-ring (bicyclic) bond motifs is 1. The van der Waals surface area contributed by atoms with Crippen LogP contribution in [0.2, 0.25) is 0 Å². The highest BCUT2D eigenvalue weighted by Crippen LogP contribution is 2.38. The molecule has 4 atom stereocenters. The number of aryl methyl sites for hydroxylation is 1. The van der Waals surface area contributed by atoms with E-state index >= 15 is 0 Å². The van der Waals surface area contributed by atoms with Gasteiger partial charge in [0, 0.05) is 43.1 Å². The molecular formula is C17H23N5OS. The molecule has 2 aliphatic rings. The number of thiazole rings is 1. The number of hydrogen-bond acceptors (Lipinski definition) is 7. The number of anilines is 1. The number of nitrogens with zero attached hydrogens (tertiary/aromatic N) is 4. The maximum Gasteiger partial charge on any atom is 0.144 e. The summed E-state index contributed by atoms with van der Waals surface area (Å²) >= 11 is 1.78. The van der Waals surface area contributed by atoms with Gasteiger partial charge < -0.3 is 10.4 Å². The quantitative estimate of drug-likeness (QED) is 0.882. The Balaban J connectivity index is 1.37. The molecule has 24 heavy (non-hydrogen) atoms. The summed E-state index contributed by atoms with van der Waals surface area (Å²) < 4.78 is 0. The van der Waals surface area contributed by atoms with E-state index < -0.39 is 0 Å².